The first kappa shape index (κ1) is 25.5. The molecule has 0 saturated carbocycles. The monoisotopic (exact) mass is 482 g/mol. The van der Waals surface area contributed by atoms with Crippen LogP contribution in [0.25, 0.3) is 11.4 Å². The second-order valence-corrected chi connectivity index (χ2v) is 9.80. The highest BCUT2D eigenvalue weighted by molar-refractivity contribution is 7.99. The topological polar surface area (TPSA) is 106 Å². The number of hydrogen-bond donors (Lipinski definition) is 2. The lowest BCUT2D eigenvalue weighted by atomic mass is 9.87. The molecule has 1 aromatic heterocycles. The average molecular weight is 483 g/mol. The molecule has 34 heavy (non-hydrogen) atoms. The van der Waals surface area contributed by atoms with Crippen LogP contribution >= 0.6 is 11.8 Å². The average Bonchev–Trinajstić information content (AvgIpc) is 3.20. The standard InChI is InChI=1S/C25H30N4O4S/c1-25(2,3)19-11-9-17(10-12-19)22-27-28-24(29(22)13-6-14-33-4)34-16-21(30)26-20-8-5-7-18(15-20)23(31)32/h5,7-12,15H,6,13-14,16H2,1-4H3,(H,26,30)(H,31,32). The van der Waals surface area contributed by atoms with E-state index in [0.29, 0.717) is 24.0 Å². The molecule has 180 valence electrons. The Morgan fingerprint density at radius 3 is 2.50 bits per heavy atom. The van der Waals surface area contributed by atoms with Crippen molar-refractivity contribution in [2.75, 3.05) is 24.8 Å². The van der Waals surface area contributed by atoms with E-state index in [1.165, 1.54) is 29.5 Å². The van der Waals surface area contributed by atoms with E-state index >= 15 is 0 Å². The lowest BCUT2D eigenvalue weighted by Crippen LogP contribution is -2.15. The molecule has 0 aliphatic rings. The van der Waals surface area contributed by atoms with Crippen LogP contribution in [0, 0.1) is 0 Å². The van der Waals surface area contributed by atoms with Crippen LogP contribution in [-0.4, -0.2) is 51.2 Å². The lowest BCUT2D eigenvalue weighted by molar-refractivity contribution is -0.113. The SMILES string of the molecule is COCCCn1c(SCC(=O)Nc2cccc(C(=O)O)c2)nnc1-c1ccc(C(C)(C)C)cc1. The smallest absolute Gasteiger partial charge is 0.335 e. The summed E-state index contributed by atoms with van der Waals surface area (Å²) < 4.78 is 7.21. The third-order valence-electron chi connectivity index (χ3n) is 5.18. The van der Waals surface area contributed by atoms with Crippen LogP contribution in [0.15, 0.2) is 53.7 Å². The Kier molecular flexibility index (Phi) is 8.46. The summed E-state index contributed by atoms with van der Waals surface area (Å²) in [6, 6.07) is 14.5. The maximum atomic E-state index is 12.5. The fourth-order valence-electron chi connectivity index (χ4n) is 3.35. The maximum absolute atomic E-state index is 12.5. The molecule has 0 aliphatic carbocycles. The van der Waals surface area contributed by atoms with E-state index in [0.717, 1.165) is 17.8 Å². The highest BCUT2D eigenvalue weighted by Gasteiger charge is 2.18. The number of carbonyl (C=O) groups is 2. The summed E-state index contributed by atoms with van der Waals surface area (Å²) in [6.07, 6.45) is 0.781. The molecule has 1 heterocycles. The summed E-state index contributed by atoms with van der Waals surface area (Å²) in [7, 11) is 1.66. The molecular formula is C25H30N4O4S. The molecule has 3 rings (SSSR count). The van der Waals surface area contributed by atoms with Gasteiger partial charge in [-0.05, 0) is 35.6 Å². The van der Waals surface area contributed by atoms with Crippen LogP contribution in [0.4, 0.5) is 5.69 Å². The molecule has 0 bridgehead atoms. The molecular weight excluding hydrogens is 452 g/mol. The van der Waals surface area contributed by atoms with Gasteiger partial charge in [0, 0.05) is 31.5 Å². The number of amides is 1. The van der Waals surface area contributed by atoms with E-state index in [2.05, 4.69) is 48.4 Å². The molecule has 0 fully saturated rings. The van der Waals surface area contributed by atoms with Gasteiger partial charge in [-0.25, -0.2) is 4.79 Å². The van der Waals surface area contributed by atoms with Crippen LogP contribution in [0.3, 0.4) is 0 Å². The largest absolute Gasteiger partial charge is 0.478 e. The molecule has 1 amide bonds. The molecule has 0 saturated heterocycles. The number of carbonyl (C=O) groups excluding carboxylic acids is 1. The number of thioether (sulfide) groups is 1. The van der Waals surface area contributed by atoms with Crippen molar-refractivity contribution in [1.82, 2.24) is 14.8 Å². The third-order valence-corrected chi connectivity index (χ3v) is 6.15. The fourth-order valence-corrected chi connectivity index (χ4v) is 4.12. The number of benzene rings is 2. The van der Waals surface area contributed by atoms with Crippen molar-refractivity contribution in [3.8, 4) is 11.4 Å². The zero-order valence-electron chi connectivity index (χ0n) is 19.9. The number of aromatic carboxylic acids is 1. The van der Waals surface area contributed by atoms with Gasteiger partial charge in [0.05, 0.1) is 11.3 Å². The summed E-state index contributed by atoms with van der Waals surface area (Å²) in [4.78, 5) is 23.6. The van der Waals surface area contributed by atoms with Crippen molar-refractivity contribution in [2.45, 2.75) is 44.3 Å². The van der Waals surface area contributed by atoms with Gasteiger partial charge in [-0.2, -0.15) is 0 Å². The normalized spacial score (nSPS) is 11.4. The zero-order valence-corrected chi connectivity index (χ0v) is 20.7. The Labute approximate surface area is 203 Å². The number of rotatable bonds is 10. The van der Waals surface area contributed by atoms with Crippen LogP contribution in [-0.2, 0) is 21.5 Å². The quantitative estimate of drug-likeness (QED) is 0.318. The summed E-state index contributed by atoms with van der Waals surface area (Å²) in [5, 5.41) is 21.2. The molecule has 0 atom stereocenters. The van der Waals surface area contributed by atoms with E-state index in [-0.39, 0.29) is 22.6 Å². The van der Waals surface area contributed by atoms with Gasteiger partial charge in [0.1, 0.15) is 0 Å². The van der Waals surface area contributed by atoms with Crippen LogP contribution in [0.2, 0.25) is 0 Å². The Morgan fingerprint density at radius 1 is 1.12 bits per heavy atom. The summed E-state index contributed by atoms with van der Waals surface area (Å²) in [5.41, 5.74) is 2.81. The Morgan fingerprint density at radius 2 is 1.85 bits per heavy atom. The zero-order chi connectivity index (χ0) is 24.7. The molecule has 0 spiro atoms. The van der Waals surface area contributed by atoms with Crippen molar-refractivity contribution < 1.29 is 19.4 Å². The number of nitrogens with one attached hydrogen (secondary N) is 1. The van der Waals surface area contributed by atoms with Crippen molar-refractivity contribution in [3.63, 3.8) is 0 Å². The van der Waals surface area contributed by atoms with Crippen LogP contribution in [0.1, 0.15) is 43.1 Å². The van der Waals surface area contributed by atoms with Crippen LogP contribution < -0.4 is 5.32 Å². The Hall–Kier alpha value is -3.17. The number of nitrogens with zero attached hydrogens (tertiary/aromatic N) is 3. The molecule has 9 heteroatoms. The number of carboxylic acids is 1. The summed E-state index contributed by atoms with van der Waals surface area (Å²) in [6.45, 7) is 7.78. The van der Waals surface area contributed by atoms with E-state index < -0.39 is 5.97 Å². The minimum Gasteiger partial charge on any atom is -0.478 e. The number of hydrogen-bond acceptors (Lipinski definition) is 6. The Bertz CT molecular complexity index is 1140. The van der Waals surface area contributed by atoms with E-state index in [4.69, 9.17) is 9.84 Å². The van der Waals surface area contributed by atoms with Gasteiger partial charge < -0.3 is 19.7 Å². The second kappa shape index (κ2) is 11.3. The number of anilines is 1. The van der Waals surface area contributed by atoms with Crippen molar-refractivity contribution >= 4 is 29.3 Å². The molecule has 8 nitrogen and oxygen atoms in total. The Balaban J connectivity index is 1.74. The van der Waals surface area contributed by atoms with Gasteiger partial charge >= 0.3 is 5.97 Å². The first-order chi connectivity index (χ1) is 16.2. The van der Waals surface area contributed by atoms with Gasteiger partial charge in [0.2, 0.25) is 5.91 Å². The number of ether oxygens (including phenoxy) is 1. The highest BCUT2D eigenvalue weighted by atomic mass is 32.2. The van der Waals surface area contributed by atoms with Crippen molar-refractivity contribution in [1.29, 1.82) is 0 Å². The van der Waals surface area contributed by atoms with Gasteiger partial charge in [-0.15, -0.1) is 10.2 Å². The van der Waals surface area contributed by atoms with E-state index in [9.17, 15) is 9.59 Å². The van der Waals surface area contributed by atoms with Crippen LogP contribution in [0.5, 0.6) is 0 Å². The molecule has 0 unspecified atom stereocenters. The molecule has 3 aromatic rings. The fraction of sp³-hybridized carbons (Fsp3) is 0.360. The van der Waals surface area contributed by atoms with Crippen molar-refractivity contribution in [3.05, 3.63) is 59.7 Å². The first-order valence-electron chi connectivity index (χ1n) is 11.0. The first-order valence-corrected chi connectivity index (χ1v) is 12.0. The molecule has 2 N–H and O–H groups in total. The van der Waals surface area contributed by atoms with E-state index in [1.54, 1.807) is 19.2 Å². The van der Waals surface area contributed by atoms with Gasteiger partial charge in [0.15, 0.2) is 11.0 Å². The second-order valence-electron chi connectivity index (χ2n) is 8.85. The lowest BCUT2D eigenvalue weighted by Gasteiger charge is -2.19. The summed E-state index contributed by atoms with van der Waals surface area (Å²) >= 11 is 1.29. The maximum Gasteiger partial charge on any atom is 0.335 e. The minimum absolute atomic E-state index is 0.0586. The minimum atomic E-state index is -1.04. The van der Waals surface area contributed by atoms with Gasteiger partial charge in [0.25, 0.3) is 0 Å². The number of aromatic nitrogens is 3. The third kappa shape index (κ3) is 6.68. The number of carboxylic acid groups (broad SMARTS) is 1. The van der Waals surface area contributed by atoms with Gasteiger partial charge in [-0.1, -0.05) is 62.9 Å². The predicted molar refractivity (Wildman–Crippen MR) is 133 cm³/mol. The summed E-state index contributed by atoms with van der Waals surface area (Å²) in [5.74, 6) is -0.441. The van der Waals surface area contributed by atoms with Gasteiger partial charge in [-0.3, -0.25) is 4.79 Å². The number of methoxy groups -OCH3 is 1. The van der Waals surface area contributed by atoms with Crippen molar-refractivity contribution in [2.24, 2.45) is 0 Å². The molecule has 2 aromatic carbocycles. The predicted octanol–water partition coefficient (Wildman–Crippen LogP) is 4.71. The van der Waals surface area contributed by atoms with E-state index in [1.807, 2.05) is 16.7 Å². The molecule has 0 aliphatic heterocycles. The highest BCUT2D eigenvalue weighted by Crippen LogP contribution is 2.28. The molecule has 0 radical (unpaired) electrons.